The molecule has 0 aliphatic carbocycles. The van der Waals surface area contributed by atoms with Crippen LogP contribution in [-0.2, 0) is 4.79 Å². The number of carbonyl (C=O) groups excluding carboxylic acids is 1. The maximum Gasteiger partial charge on any atom is 0.223 e. The molecule has 0 spiro atoms. The summed E-state index contributed by atoms with van der Waals surface area (Å²) in [6.07, 6.45) is 5.68. The number of alkyl halides is 1. The van der Waals surface area contributed by atoms with E-state index in [1.54, 1.807) is 0 Å². The van der Waals surface area contributed by atoms with Crippen LogP contribution in [0.1, 0.15) is 39.0 Å². The molecule has 14 heavy (non-hydrogen) atoms. The first kappa shape index (κ1) is 12.0. The first-order valence-corrected chi connectivity index (χ1v) is 6.73. The predicted octanol–water partition coefficient (Wildman–Crippen LogP) is 2.81. The van der Waals surface area contributed by atoms with Crippen LogP contribution in [0.25, 0.3) is 0 Å². The zero-order valence-electron chi connectivity index (χ0n) is 8.97. The number of rotatable bonds is 4. The molecule has 3 heteroatoms. The highest BCUT2D eigenvalue weighted by molar-refractivity contribution is 9.09. The molecule has 0 unspecified atom stereocenters. The van der Waals surface area contributed by atoms with E-state index in [9.17, 15) is 4.79 Å². The van der Waals surface area contributed by atoms with Crippen molar-refractivity contribution in [3.8, 4) is 0 Å². The van der Waals surface area contributed by atoms with Crippen LogP contribution in [0.3, 0.4) is 0 Å². The highest BCUT2D eigenvalue weighted by Crippen LogP contribution is 2.21. The fourth-order valence-electron chi connectivity index (χ4n) is 2.12. The Morgan fingerprint density at radius 3 is 2.57 bits per heavy atom. The average Bonchev–Trinajstić information content (AvgIpc) is 2.20. The first-order valence-electron chi connectivity index (χ1n) is 5.61. The zero-order valence-corrected chi connectivity index (χ0v) is 10.6. The summed E-state index contributed by atoms with van der Waals surface area (Å²) in [5.41, 5.74) is 0. The van der Waals surface area contributed by atoms with E-state index in [0.717, 1.165) is 24.3 Å². The van der Waals surface area contributed by atoms with Gasteiger partial charge < -0.3 is 4.90 Å². The molecule has 1 rings (SSSR count). The Balaban J connectivity index is 2.24. The molecule has 0 aromatic carbocycles. The number of amides is 1. The molecule has 1 fully saturated rings. The predicted molar refractivity (Wildman–Crippen MR) is 62.6 cm³/mol. The van der Waals surface area contributed by atoms with Gasteiger partial charge in [-0.15, -0.1) is 0 Å². The molecule has 1 heterocycles. The van der Waals surface area contributed by atoms with Crippen LogP contribution in [0.5, 0.6) is 0 Å². The van der Waals surface area contributed by atoms with E-state index >= 15 is 0 Å². The van der Waals surface area contributed by atoms with Crippen molar-refractivity contribution >= 4 is 21.8 Å². The van der Waals surface area contributed by atoms with E-state index in [1.807, 2.05) is 4.90 Å². The van der Waals surface area contributed by atoms with Gasteiger partial charge in [-0.2, -0.15) is 0 Å². The van der Waals surface area contributed by atoms with E-state index in [-0.39, 0.29) is 0 Å². The average molecular weight is 262 g/mol. The second-order valence-electron chi connectivity index (χ2n) is 4.05. The normalized spacial score (nSPS) is 18.6. The maximum atomic E-state index is 11.6. The molecule has 1 saturated heterocycles. The Bertz CT molecular complexity index is 176. The summed E-state index contributed by atoms with van der Waals surface area (Å²) >= 11 is 3.31. The topological polar surface area (TPSA) is 20.3 Å². The maximum absolute atomic E-state index is 11.6. The largest absolute Gasteiger partial charge is 0.343 e. The SMILES string of the molecule is CCCC1CCN(C(=O)CCBr)CC1. The molecule has 1 amide bonds. The summed E-state index contributed by atoms with van der Waals surface area (Å²) in [7, 11) is 0. The molecule has 1 aliphatic rings. The van der Waals surface area contributed by atoms with Crippen LogP contribution in [0.2, 0.25) is 0 Å². The minimum atomic E-state index is 0.317. The third-order valence-electron chi connectivity index (χ3n) is 2.97. The Morgan fingerprint density at radius 1 is 1.43 bits per heavy atom. The Kier molecular flexibility index (Phi) is 5.53. The third-order valence-corrected chi connectivity index (χ3v) is 3.37. The van der Waals surface area contributed by atoms with Crippen LogP contribution < -0.4 is 0 Å². The molecule has 0 N–H and O–H groups in total. The van der Waals surface area contributed by atoms with E-state index < -0.39 is 0 Å². The van der Waals surface area contributed by atoms with Gasteiger partial charge in [-0.05, 0) is 18.8 Å². The Labute approximate surface area is 95.2 Å². The monoisotopic (exact) mass is 261 g/mol. The summed E-state index contributed by atoms with van der Waals surface area (Å²) in [6, 6.07) is 0. The molecule has 82 valence electrons. The van der Waals surface area contributed by atoms with Gasteiger partial charge >= 0.3 is 0 Å². The Hall–Kier alpha value is -0.0500. The quantitative estimate of drug-likeness (QED) is 0.713. The van der Waals surface area contributed by atoms with Gasteiger partial charge in [0.25, 0.3) is 0 Å². The Morgan fingerprint density at radius 2 is 2.07 bits per heavy atom. The standard InChI is InChI=1S/C11H20BrNO/c1-2-3-10-5-8-13(9-6-10)11(14)4-7-12/h10H,2-9H2,1H3. The number of hydrogen-bond acceptors (Lipinski definition) is 1. The molecule has 0 radical (unpaired) electrons. The van der Waals surface area contributed by atoms with Crippen molar-refractivity contribution in [2.45, 2.75) is 39.0 Å². The summed E-state index contributed by atoms with van der Waals surface area (Å²) in [4.78, 5) is 13.6. The smallest absolute Gasteiger partial charge is 0.223 e. The van der Waals surface area contributed by atoms with Gasteiger partial charge in [-0.25, -0.2) is 0 Å². The molecular formula is C11H20BrNO. The van der Waals surface area contributed by atoms with Gasteiger partial charge in [0, 0.05) is 24.8 Å². The fourth-order valence-corrected chi connectivity index (χ4v) is 2.46. The summed E-state index contributed by atoms with van der Waals surface area (Å²) in [5, 5.41) is 0.792. The summed E-state index contributed by atoms with van der Waals surface area (Å²) in [5.74, 6) is 1.19. The minimum absolute atomic E-state index is 0.317. The van der Waals surface area contributed by atoms with E-state index in [0.29, 0.717) is 12.3 Å². The fraction of sp³-hybridized carbons (Fsp3) is 0.909. The molecular weight excluding hydrogens is 242 g/mol. The number of halogens is 1. The van der Waals surface area contributed by atoms with Crippen molar-refractivity contribution in [2.24, 2.45) is 5.92 Å². The zero-order chi connectivity index (χ0) is 10.4. The van der Waals surface area contributed by atoms with Gasteiger partial charge in [-0.1, -0.05) is 35.7 Å². The number of hydrogen-bond donors (Lipinski definition) is 0. The highest BCUT2D eigenvalue weighted by atomic mass is 79.9. The molecule has 0 bridgehead atoms. The van der Waals surface area contributed by atoms with E-state index in [1.165, 1.54) is 25.7 Å². The molecule has 2 nitrogen and oxygen atoms in total. The van der Waals surface area contributed by atoms with Gasteiger partial charge in [-0.3, -0.25) is 4.79 Å². The summed E-state index contributed by atoms with van der Waals surface area (Å²) in [6.45, 7) is 4.20. The van der Waals surface area contributed by atoms with Crippen molar-refractivity contribution in [3.05, 3.63) is 0 Å². The number of nitrogens with zero attached hydrogens (tertiary/aromatic N) is 1. The number of carbonyl (C=O) groups is 1. The second-order valence-corrected chi connectivity index (χ2v) is 4.84. The van der Waals surface area contributed by atoms with Crippen LogP contribution in [0.4, 0.5) is 0 Å². The molecule has 1 aliphatic heterocycles. The van der Waals surface area contributed by atoms with Crippen LogP contribution in [0, 0.1) is 5.92 Å². The van der Waals surface area contributed by atoms with Crippen LogP contribution in [-0.4, -0.2) is 29.2 Å². The first-order chi connectivity index (χ1) is 6.77. The van der Waals surface area contributed by atoms with Crippen LogP contribution >= 0.6 is 15.9 Å². The molecule has 0 aromatic rings. The van der Waals surface area contributed by atoms with Crippen LogP contribution in [0.15, 0.2) is 0 Å². The minimum Gasteiger partial charge on any atom is -0.343 e. The van der Waals surface area contributed by atoms with Crippen molar-refractivity contribution in [1.29, 1.82) is 0 Å². The molecule has 0 atom stereocenters. The van der Waals surface area contributed by atoms with Gasteiger partial charge in [0.1, 0.15) is 0 Å². The van der Waals surface area contributed by atoms with Crippen molar-refractivity contribution in [1.82, 2.24) is 4.90 Å². The lowest BCUT2D eigenvalue weighted by Crippen LogP contribution is -2.38. The molecule has 0 aromatic heterocycles. The van der Waals surface area contributed by atoms with Gasteiger partial charge in [0.2, 0.25) is 5.91 Å². The highest BCUT2D eigenvalue weighted by Gasteiger charge is 2.21. The summed E-state index contributed by atoms with van der Waals surface area (Å²) < 4.78 is 0. The molecule has 0 saturated carbocycles. The lowest BCUT2D eigenvalue weighted by Gasteiger charge is -2.31. The van der Waals surface area contributed by atoms with Crippen molar-refractivity contribution in [2.75, 3.05) is 18.4 Å². The van der Waals surface area contributed by atoms with E-state index in [4.69, 9.17) is 0 Å². The number of likely N-dealkylation sites (tertiary alicyclic amines) is 1. The van der Waals surface area contributed by atoms with Crippen molar-refractivity contribution in [3.63, 3.8) is 0 Å². The second kappa shape index (κ2) is 6.44. The van der Waals surface area contributed by atoms with Gasteiger partial charge in [0.15, 0.2) is 0 Å². The lowest BCUT2D eigenvalue weighted by molar-refractivity contribution is -0.132. The third kappa shape index (κ3) is 3.60. The van der Waals surface area contributed by atoms with Crippen molar-refractivity contribution < 1.29 is 4.79 Å². The lowest BCUT2D eigenvalue weighted by atomic mass is 9.92. The van der Waals surface area contributed by atoms with E-state index in [2.05, 4.69) is 22.9 Å². The van der Waals surface area contributed by atoms with Gasteiger partial charge in [0.05, 0.1) is 0 Å². The number of piperidine rings is 1.